The molecule has 3 atom stereocenters. The number of anilines is 1. The zero-order chi connectivity index (χ0) is 20.9. The quantitative estimate of drug-likeness (QED) is 0.685. The third kappa shape index (κ3) is 5.81. The molecule has 3 rings (SSSR count). The molecule has 2 aromatic carbocycles. The largest absolute Gasteiger partial charge is 0.497 e. The minimum atomic E-state index is -0.557. The summed E-state index contributed by atoms with van der Waals surface area (Å²) < 4.78 is 17.7. The lowest BCUT2D eigenvalue weighted by Crippen LogP contribution is -2.53. The Bertz CT molecular complexity index is 783. The van der Waals surface area contributed by atoms with Crippen molar-refractivity contribution in [3.8, 4) is 5.75 Å². The molecule has 0 aromatic heterocycles. The topological polar surface area (TPSA) is 56.8 Å². The molecule has 0 bridgehead atoms. The maximum Gasteiger partial charge on any atom is 0.187 e. The number of carbonyl (C=O) groups is 1. The van der Waals surface area contributed by atoms with Gasteiger partial charge in [-0.25, -0.2) is 0 Å². The molecule has 1 fully saturated rings. The maximum atomic E-state index is 13.5. The van der Waals surface area contributed by atoms with Gasteiger partial charge in [0, 0.05) is 17.9 Å². The van der Waals surface area contributed by atoms with Crippen LogP contribution in [0.2, 0.25) is 0 Å². The van der Waals surface area contributed by atoms with Gasteiger partial charge >= 0.3 is 0 Å². The zero-order valence-electron chi connectivity index (χ0n) is 17.7. The number of hydrogen-bond donors (Lipinski definition) is 1. The van der Waals surface area contributed by atoms with E-state index in [4.69, 9.17) is 14.2 Å². The van der Waals surface area contributed by atoms with Crippen molar-refractivity contribution in [2.24, 2.45) is 0 Å². The van der Waals surface area contributed by atoms with Crippen LogP contribution >= 0.6 is 0 Å². The molecule has 0 amide bonds. The van der Waals surface area contributed by atoms with Gasteiger partial charge < -0.3 is 19.5 Å². The van der Waals surface area contributed by atoms with Crippen LogP contribution in [0, 0.1) is 0 Å². The number of rotatable bonds is 7. The molecule has 0 radical (unpaired) electrons. The van der Waals surface area contributed by atoms with E-state index in [-0.39, 0.29) is 23.6 Å². The first-order chi connectivity index (χ1) is 13.9. The predicted octanol–water partition coefficient (Wildman–Crippen LogP) is 4.72. The van der Waals surface area contributed by atoms with Crippen LogP contribution in [0.4, 0.5) is 5.69 Å². The third-order valence-electron chi connectivity index (χ3n) is 4.90. The first-order valence-electron chi connectivity index (χ1n) is 10.2. The molecule has 0 spiro atoms. The fourth-order valence-corrected chi connectivity index (χ4v) is 3.61. The van der Waals surface area contributed by atoms with E-state index >= 15 is 0 Å². The van der Waals surface area contributed by atoms with Gasteiger partial charge in [-0.2, -0.15) is 0 Å². The SMILES string of the molecule is COc1ccc(NC(C(=O)c2ccccc2)C2OCCCC2OC(C)(C)C)cc1. The Kier molecular flexibility index (Phi) is 6.93. The van der Waals surface area contributed by atoms with Crippen molar-refractivity contribution in [2.45, 2.75) is 57.5 Å². The van der Waals surface area contributed by atoms with Crippen LogP contribution in [0.5, 0.6) is 5.75 Å². The first kappa shape index (κ1) is 21.3. The highest BCUT2D eigenvalue weighted by Crippen LogP contribution is 2.28. The third-order valence-corrected chi connectivity index (χ3v) is 4.90. The predicted molar refractivity (Wildman–Crippen MR) is 115 cm³/mol. The van der Waals surface area contributed by atoms with Crippen LogP contribution in [0.25, 0.3) is 0 Å². The van der Waals surface area contributed by atoms with Crippen LogP contribution in [-0.2, 0) is 9.47 Å². The molecular formula is C24H31NO4. The molecule has 1 heterocycles. The highest BCUT2D eigenvalue weighted by molar-refractivity contribution is 6.02. The number of hydrogen-bond acceptors (Lipinski definition) is 5. The molecule has 1 aliphatic heterocycles. The van der Waals surface area contributed by atoms with Crippen LogP contribution in [0.1, 0.15) is 44.0 Å². The normalized spacial score (nSPS) is 20.7. The van der Waals surface area contributed by atoms with E-state index in [0.29, 0.717) is 12.2 Å². The van der Waals surface area contributed by atoms with Crippen LogP contribution < -0.4 is 10.1 Å². The van der Waals surface area contributed by atoms with Crippen molar-refractivity contribution < 1.29 is 19.0 Å². The maximum absolute atomic E-state index is 13.5. The van der Waals surface area contributed by atoms with Crippen molar-refractivity contribution in [1.82, 2.24) is 0 Å². The molecule has 0 saturated carbocycles. The number of Topliss-reactive ketones (excluding diaryl/α,β-unsaturated/α-hetero) is 1. The fourth-order valence-electron chi connectivity index (χ4n) is 3.61. The molecule has 156 valence electrons. The molecule has 1 saturated heterocycles. The van der Waals surface area contributed by atoms with Crippen molar-refractivity contribution in [2.75, 3.05) is 19.0 Å². The Hall–Kier alpha value is -2.37. The van der Waals surface area contributed by atoms with Gasteiger partial charge in [-0.05, 0) is 57.9 Å². The number of carbonyl (C=O) groups excluding carboxylic acids is 1. The lowest BCUT2D eigenvalue weighted by molar-refractivity contribution is -0.153. The van der Waals surface area contributed by atoms with Gasteiger partial charge in [0.2, 0.25) is 0 Å². The van der Waals surface area contributed by atoms with Gasteiger partial charge in [0.25, 0.3) is 0 Å². The summed E-state index contributed by atoms with van der Waals surface area (Å²) in [6.45, 7) is 6.72. The molecular weight excluding hydrogens is 366 g/mol. The Morgan fingerprint density at radius 2 is 1.79 bits per heavy atom. The minimum absolute atomic E-state index is 0.00386. The lowest BCUT2D eigenvalue weighted by Gasteiger charge is -2.40. The van der Waals surface area contributed by atoms with E-state index in [0.717, 1.165) is 24.3 Å². The van der Waals surface area contributed by atoms with Gasteiger partial charge in [-0.1, -0.05) is 30.3 Å². The summed E-state index contributed by atoms with van der Waals surface area (Å²) in [5.74, 6) is 0.764. The second kappa shape index (κ2) is 9.42. The van der Waals surface area contributed by atoms with E-state index in [1.54, 1.807) is 7.11 Å². The fraction of sp³-hybridized carbons (Fsp3) is 0.458. The molecule has 29 heavy (non-hydrogen) atoms. The van der Waals surface area contributed by atoms with Crippen LogP contribution in [0.3, 0.4) is 0 Å². The van der Waals surface area contributed by atoms with Crippen molar-refractivity contribution in [3.63, 3.8) is 0 Å². The Labute approximate surface area is 173 Å². The van der Waals surface area contributed by atoms with E-state index in [2.05, 4.69) is 5.32 Å². The molecule has 0 aliphatic carbocycles. The van der Waals surface area contributed by atoms with E-state index < -0.39 is 6.04 Å². The number of ether oxygens (including phenoxy) is 3. The highest BCUT2D eigenvalue weighted by Gasteiger charge is 2.39. The molecule has 3 unspecified atom stereocenters. The van der Waals surface area contributed by atoms with Crippen LogP contribution in [0.15, 0.2) is 54.6 Å². The highest BCUT2D eigenvalue weighted by atomic mass is 16.6. The second-order valence-corrected chi connectivity index (χ2v) is 8.33. The van der Waals surface area contributed by atoms with Gasteiger partial charge in [-0.3, -0.25) is 4.79 Å². The Morgan fingerprint density at radius 1 is 1.10 bits per heavy atom. The molecule has 5 nitrogen and oxygen atoms in total. The first-order valence-corrected chi connectivity index (χ1v) is 10.2. The summed E-state index contributed by atoms with van der Waals surface area (Å²) in [6.07, 6.45) is 1.25. The van der Waals surface area contributed by atoms with Crippen molar-refractivity contribution in [1.29, 1.82) is 0 Å². The van der Waals surface area contributed by atoms with Gasteiger partial charge in [0.1, 0.15) is 17.9 Å². The lowest BCUT2D eigenvalue weighted by atomic mass is 9.92. The smallest absolute Gasteiger partial charge is 0.187 e. The molecule has 2 aromatic rings. The van der Waals surface area contributed by atoms with Crippen molar-refractivity contribution in [3.05, 3.63) is 60.2 Å². The van der Waals surface area contributed by atoms with Gasteiger partial charge in [0.15, 0.2) is 5.78 Å². The van der Waals surface area contributed by atoms with E-state index in [9.17, 15) is 4.79 Å². The van der Waals surface area contributed by atoms with E-state index in [1.807, 2.05) is 75.4 Å². The summed E-state index contributed by atoms with van der Waals surface area (Å²) in [5, 5.41) is 3.40. The standard InChI is InChI=1S/C24H31NO4/c1-24(2,3)29-20-11-8-16-28-23(20)21(22(26)17-9-6-5-7-10-17)25-18-12-14-19(27-4)15-13-18/h5-7,9-10,12-15,20-21,23,25H,8,11,16H2,1-4H3. The average molecular weight is 398 g/mol. The second-order valence-electron chi connectivity index (χ2n) is 8.33. The summed E-state index contributed by atoms with van der Waals surface area (Å²) in [4.78, 5) is 13.5. The molecule has 1 aliphatic rings. The van der Waals surface area contributed by atoms with Crippen molar-refractivity contribution >= 4 is 11.5 Å². The van der Waals surface area contributed by atoms with Gasteiger partial charge in [-0.15, -0.1) is 0 Å². The summed E-state index contributed by atoms with van der Waals surface area (Å²) in [6, 6.07) is 16.4. The number of nitrogens with one attached hydrogen (secondary N) is 1. The zero-order valence-corrected chi connectivity index (χ0v) is 17.7. The monoisotopic (exact) mass is 397 g/mol. The molecule has 1 N–H and O–H groups in total. The Morgan fingerprint density at radius 3 is 2.41 bits per heavy atom. The molecule has 5 heteroatoms. The van der Waals surface area contributed by atoms with E-state index in [1.165, 1.54) is 0 Å². The van der Waals surface area contributed by atoms with Crippen LogP contribution in [-0.4, -0.2) is 43.4 Å². The number of ketones is 1. The number of benzene rings is 2. The van der Waals surface area contributed by atoms with Gasteiger partial charge in [0.05, 0.1) is 18.8 Å². The summed E-state index contributed by atoms with van der Waals surface area (Å²) in [7, 11) is 1.63. The minimum Gasteiger partial charge on any atom is -0.497 e. The Balaban J connectivity index is 1.90. The summed E-state index contributed by atoms with van der Waals surface area (Å²) in [5.41, 5.74) is 1.18. The summed E-state index contributed by atoms with van der Waals surface area (Å²) >= 11 is 0. The average Bonchev–Trinajstić information content (AvgIpc) is 2.72. The number of methoxy groups -OCH3 is 1.